The molecule has 4 nitrogen and oxygen atoms in total. The monoisotopic (exact) mass is 294 g/mol. The fourth-order valence-electron chi connectivity index (χ4n) is 2.86. The molecule has 0 aromatic heterocycles. The molecule has 0 amide bonds. The molecule has 2 aliphatic rings. The van der Waals surface area contributed by atoms with Crippen LogP contribution in [0.1, 0.15) is 31.2 Å². The van der Waals surface area contributed by atoms with Crippen molar-refractivity contribution in [2.75, 3.05) is 6.54 Å². The van der Waals surface area contributed by atoms with E-state index in [4.69, 9.17) is 5.14 Å². The summed E-state index contributed by atoms with van der Waals surface area (Å²) in [6, 6.07) is 7.60. The Morgan fingerprint density at radius 2 is 1.65 bits per heavy atom. The van der Waals surface area contributed by atoms with Gasteiger partial charge in [-0.1, -0.05) is 12.1 Å². The van der Waals surface area contributed by atoms with Gasteiger partial charge in [0.2, 0.25) is 10.0 Å². The smallest absolute Gasteiger partial charge is 0.238 e. The van der Waals surface area contributed by atoms with Crippen LogP contribution in [0.3, 0.4) is 0 Å². The Morgan fingerprint density at radius 1 is 1.10 bits per heavy atom. The summed E-state index contributed by atoms with van der Waals surface area (Å²) in [5, 5.41) is 8.78. The normalized spacial score (nSPS) is 19.5. The molecule has 5 heteroatoms. The second-order valence-electron chi connectivity index (χ2n) is 6.09. The van der Waals surface area contributed by atoms with E-state index in [2.05, 4.69) is 5.32 Å². The van der Waals surface area contributed by atoms with Gasteiger partial charge in [-0.05, 0) is 68.2 Å². The van der Waals surface area contributed by atoms with Gasteiger partial charge in [0.25, 0.3) is 0 Å². The molecule has 0 spiro atoms. The van der Waals surface area contributed by atoms with E-state index in [-0.39, 0.29) is 4.90 Å². The zero-order valence-corrected chi connectivity index (χ0v) is 12.4. The lowest BCUT2D eigenvalue weighted by atomic mass is 10.1. The number of hydrogen-bond acceptors (Lipinski definition) is 3. The highest BCUT2D eigenvalue weighted by atomic mass is 32.2. The zero-order chi connectivity index (χ0) is 14.2. The van der Waals surface area contributed by atoms with E-state index in [1.54, 1.807) is 12.1 Å². The third-order valence-electron chi connectivity index (χ3n) is 4.31. The van der Waals surface area contributed by atoms with Crippen molar-refractivity contribution in [3.8, 4) is 0 Å². The van der Waals surface area contributed by atoms with Crippen molar-refractivity contribution in [2.24, 2.45) is 17.0 Å². The summed E-state index contributed by atoms with van der Waals surface area (Å²) in [7, 11) is -3.58. The van der Waals surface area contributed by atoms with Crippen LogP contribution in [0.15, 0.2) is 29.2 Å². The maximum Gasteiger partial charge on any atom is 0.238 e. The minimum atomic E-state index is -3.58. The summed E-state index contributed by atoms with van der Waals surface area (Å²) in [6.07, 6.45) is 6.48. The lowest BCUT2D eigenvalue weighted by Gasteiger charge is -2.17. The number of nitrogens with one attached hydrogen (secondary N) is 1. The van der Waals surface area contributed by atoms with Gasteiger partial charge in [0.05, 0.1) is 4.90 Å². The maximum absolute atomic E-state index is 11.2. The van der Waals surface area contributed by atoms with Crippen molar-refractivity contribution in [1.82, 2.24) is 5.32 Å². The molecule has 3 N–H and O–H groups in total. The van der Waals surface area contributed by atoms with Crippen LogP contribution in [0.5, 0.6) is 0 Å². The van der Waals surface area contributed by atoms with Gasteiger partial charge >= 0.3 is 0 Å². The van der Waals surface area contributed by atoms with E-state index in [1.807, 2.05) is 12.1 Å². The fourth-order valence-corrected chi connectivity index (χ4v) is 3.37. The Balaban J connectivity index is 1.50. The number of rotatable bonds is 7. The highest BCUT2D eigenvalue weighted by Crippen LogP contribution is 2.44. The second kappa shape index (κ2) is 5.47. The predicted molar refractivity (Wildman–Crippen MR) is 78.8 cm³/mol. The van der Waals surface area contributed by atoms with Crippen molar-refractivity contribution in [3.63, 3.8) is 0 Å². The molecule has 0 heterocycles. The summed E-state index contributed by atoms with van der Waals surface area (Å²) < 4.78 is 22.4. The van der Waals surface area contributed by atoms with E-state index >= 15 is 0 Å². The summed E-state index contributed by atoms with van der Waals surface area (Å²) in [5.41, 5.74) is 1.15. The molecule has 3 rings (SSSR count). The molecule has 2 saturated carbocycles. The van der Waals surface area contributed by atoms with Crippen molar-refractivity contribution in [1.29, 1.82) is 0 Å². The number of sulfonamides is 1. The number of hydrogen-bond donors (Lipinski definition) is 2. The van der Waals surface area contributed by atoms with Gasteiger partial charge in [0, 0.05) is 6.04 Å². The average molecular weight is 294 g/mol. The SMILES string of the molecule is NS(=O)(=O)c1ccc(CCNC(C2CC2)C2CC2)cc1. The lowest BCUT2D eigenvalue weighted by molar-refractivity contribution is 0.420. The van der Waals surface area contributed by atoms with Crippen LogP contribution in [-0.2, 0) is 16.4 Å². The molecule has 1 aromatic rings. The van der Waals surface area contributed by atoms with Gasteiger partial charge in [-0.2, -0.15) is 0 Å². The van der Waals surface area contributed by atoms with Crippen molar-refractivity contribution in [2.45, 2.75) is 43.0 Å². The van der Waals surface area contributed by atoms with Gasteiger partial charge in [0.1, 0.15) is 0 Å². The molecule has 20 heavy (non-hydrogen) atoms. The molecular weight excluding hydrogens is 272 g/mol. The fraction of sp³-hybridized carbons (Fsp3) is 0.600. The first-order chi connectivity index (χ1) is 9.54. The number of primary sulfonamides is 1. The molecule has 0 radical (unpaired) electrons. The Bertz CT molecular complexity index is 548. The van der Waals surface area contributed by atoms with E-state index in [9.17, 15) is 8.42 Å². The summed E-state index contributed by atoms with van der Waals surface area (Å²) >= 11 is 0. The van der Waals surface area contributed by atoms with Crippen LogP contribution < -0.4 is 10.5 Å². The van der Waals surface area contributed by atoms with Crippen molar-refractivity contribution >= 4 is 10.0 Å². The third kappa shape index (κ3) is 3.59. The first-order valence-corrected chi connectivity index (χ1v) is 8.94. The molecule has 0 atom stereocenters. The van der Waals surface area contributed by atoms with Gasteiger partial charge in [0.15, 0.2) is 0 Å². The van der Waals surface area contributed by atoms with Gasteiger partial charge < -0.3 is 5.32 Å². The Hall–Kier alpha value is -0.910. The summed E-state index contributed by atoms with van der Waals surface area (Å²) in [5.74, 6) is 1.82. The molecule has 0 saturated heterocycles. The molecule has 2 aliphatic carbocycles. The first kappa shape index (κ1) is 14.0. The molecule has 110 valence electrons. The van der Waals surface area contributed by atoms with Crippen LogP contribution >= 0.6 is 0 Å². The highest BCUT2D eigenvalue weighted by molar-refractivity contribution is 7.89. The average Bonchev–Trinajstić information content (AvgIpc) is 3.27. The van der Waals surface area contributed by atoms with E-state index in [1.165, 1.54) is 25.7 Å². The van der Waals surface area contributed by atoms with Crippen molar-refractivity contribution in [3.05, 3.63) is 29.8 Å². The highest BCUT2D eigenvalue weighted by Gasteiger charge is 2.40. The standard InChI is InChI=1S/C15H22N2O2S/c16-20(18,19)14-7-1-11(2-8-14)9-10-17-15(12-3-4-12)13-5-6-13/h1-2,7-8,12-13,15,17H,3-6,9-10H2,(H2,16,18,19). The van der Waals surface area contributed by atoms with Crippen LogP contribution in [0.2, 0.25) is 0 Å². The van der Waals surface area contributed by atoms with Gasteiger partial charge in [-0.3, -0.25) is 0 Å². The largest absolute Gasteiger partial charge is 0.313 e. The Kier molecular flexibility index (Phi) is 3.84. The number of benzene rings is 1. The molecule has 0 bridgehead atoms. The quantitative estimate of drug-likeness (QED) is 0.803. The maximum atomic E-state index is 11.2. The topological polar surface area (TPSA) is 72.2 Å². The summed E-state index contributed by atoms with van der Waals surface area (Å²) in [6.45, 7) is 0.965. The van der Waals surface area contributed by atoms with Gasteiger partial charge in [-0.15, -0.1) is 0 Å². The minimum Gasteiger partial charge on any atom is -0.313 e. The Morgan fingerprint density at radius 3 is 2.10 bits per heavy atom. The van der Waals surface area contributed by atoms with Crippen LogP contribution in [0.4, 0.5) is 0 Å². The van der Waals surface area contributed by atoms with E-state index in [0.29, 0.717) is 0 Å². The molecule has 2 fully saturated rings. The third-order valence-corrected chi connectivity index (χ3v) is 5.23. The van der Waals surface area contributed by atoms with Crippen LogP contribution in [0, 0.1) is 11.8 Å². The molecule has 1 aromatic carbocycles. The lowest BCUT2D eigenvalue weighted by Crippen LogP contribution is -2.34. The Labute approximate surface area is 120 Å². The first-order valence-electron chi connectivity index (χ1n) is 7.39. The van der Waals surface area contributed by atoms with E-state index < -0.39 is 10.0 Å². The van der Waals surface area contributed by atoms with Crippen LogP contribution in [0.25, 0.3) is 0 Å². The van der Waals surface area contributed by atoms with Gasteiger partial charge in [-0.25, -0.2) is 13.6 Å². The second-order valence-corrected chi connectivity index (χ2v) is 7.66. The summed E-state index contributed by atoms with van der Waals surface area (Å²) in [4.78, 5) is 0.183. The van der Waals surface area contributed by atoms with Crippen LogP contribution in [-0.4, -0.2) is 21.0 Å². The zero-order valence-electron chi connectivity index (χ0n) is 11.6. The van der Waals surface area contributed by atoms with Crippen molar-refractivity contribution < 1.29 is 8.42 Å². The molecule has 0 aliphatic heterocycles. The van der Waals surface area contributed by atoms with E-state index in [0.717, 1.165) is 36.4 Å². The number of nitrogens with two attached hydrogens (primary N) is 1. The minimum absolute atomic E-state index is 0.183. The predicted octanol–water partition coefficient (Wildman–Crippen LogP) is 1.65. The molecular formula is C15H22N2O2S. The molecule has 0 unspecified atom stereocenters.